The molecule has 4 rings (SSSR count). The van der Waals surface area contributed by atoms with Crippen molar-refractivity contribution in [3.05, 3.63) is 78.4 Å². The van der Waals surface area contributed by atoms with Gasteiger partial charge in [-0.2, -0.15) is 0 Å². The van der Waals surface area contributed by atoms with Crippen molar-refractivity contribution < 1.29 is 9.59 Å². The zero-order valence-electron chi connectivity index (χ0n) is 20.5. The summed E-state index contributed by atoms with van der Waals surface area (Å²) in [4.78, 5) is 32.0. The van der Waals surface area contributed by atoms with Crippen molar-refractivity contribution in [1.82, 2.24) is 20.0 Å². The van der Waals surface area contributed by atoms with Crippen LogP contribution in [0.15, 0.2) is 72.8 Å². The van der Waals surface area contributed by atoms with E-state index in [1.807, 2.05) is 65.6 Å². The van der Waals surface area contributed by atoms with Gasteiger partial charge in [0.05, 0.1) is 5.69 Å². The molecule has 0 bridgehead atoms. The van der Waals surface area contributed by atoms with Crippen LogP contribution in [0.3, 0.4) is 0 Å². The van der Waals surface area contributed by atoms with E-state index in [0.29, 0.717) is 31.7 Å². The quantitative estimate of drug-likeness (QED) is 0.521. The molecule has 0 spiro atoms. The van der Waals surface area contributed by atoms with Crippen LogP contribution in [0, 0.1) is 5.92 Å². The normalized spacial score (nSPS) is 14.0. The van der Waals surface area contributed by atoms with Gasteiger partial charge >= 0.3 is 0 Å². The number of rotatable bonds is 7. The molecule has 0 radical (unpaired) electrons. The highest BCUT2D eigenvalue weighted by molar-refractivity contribution is 5.96. The summed E-state index contributed by atoms with van der Waals surface area (Å²) in [5.41, 5.74) is 2.49. The predicted octanol–water partition coefficient (Wildman–Crippen LogP) is 3.98. The maximum absolute atomic E-state index is 13.2. The zero-order chi connectivity index (χ0) is 24.6. The van der Waals surface area contributed by atoms with Gasteiger partial charge in [0.15, 0.2) is 5.82 Å². The summed E-state index contributed by atoms with van der Waals surface area (Å²) in [6.45, 7) is 7.51. The second kappa shape index (κ2) is 11.6. The first-order chi connectivity index (χ1) is 17.0. The second-order valence-electron chi connectivity index (χ2n) is 9.31. The third-order valence-electron chi connectivity index (χ3n) is 6.11. The number of aromatic nitrogens is 2. The van der Waals surface area contributed by atoms with Gasteiger partial charge in [-0.1, -0.05) is 62.4 Å². The van der Waals surface area contributed by atoms with Crippen LogP contribution in [-0.4, -0.2) is 71.1 Å². The maximum atomic E-state index is 13.2. The second-order valence-corrected chi connectivity index (χ2v) is 9.31. The molecule has 1 fully saturated rings. The van der Waals surface area contributed by atoms with Crippen LogP contribution in [0.1, 0.15) is 30.6 Å². The highest BCUT2D eigenvalue weighted by atomic mass is 16.2. The number of amides is 2. The topological polar surface area (TPSA) is 69.6 Å². The molecule has 35 heavy (non-hydrogen) atoms. The van der Waals surface area contributed by atoms with Crippen molar-refractivity contribution in [2.75, 3.05) is 44.2 Å². The molecule has 1 aliphatic heterocycles. The maximum Gasteiger partial charge on any atom is 0.254 e. The molecule has 2 heterocycles. The molecule has 3 aromatic rings. The summed E-state index contributed by atoms with van der Waals surface area (Å²) in [5, 5.41) is 8.86. The summed E-state index contributed by atoms with van der Waals surface area (Å²) in [7, 11) is 0. The van der Waals surface area contributed by atoms with Crippen LogP contribution < -0.4 is 4.90 Å². The first kappa shape index (κ1) is 24.4. The molecule has 0 unspecified atom stereocenters. The minimum absolute atomic E-state index is 0.0118. The fourth-order valence-corrected chi connectivity index (χ4v) is 4.34. The molecular formula is C28H33N5O2. The minimum atomic E-state index is -0.0992. The van der Waals surface area contributed by atoms with Gasteiger partial charge in [-0.05, 0) is 36.6 Å². The van der Waals surface area contributed by atoms with Crippen molar-refractivity contribution in [2.24, 2.45) is 5.92 Å². The van der Waals surface area contributed by atoms with Crippen molar-refractivity contribution in [3.63, 3.8) is 0 Å². The first-order valence-electron chi connectivity index (χ1n) is 12.3. The van der Waals surface area contributed by atoms with Crippen LogP contribution in [0.5, 0.6) is 0 Å². The molecule has 0 saturated carbocycles. The Morgan fingerprint density at radius 3 is 2.23 bits per heavy atom. The fourth-order valence-electron chi connectivity index (χ4n) is 4.34. The van der Waals surface area contributed by atoms with E-state index in [0.717, 1.165) is 30.0 Å². The highest BCUT2D eigenvalue weighted by Gasteiger charge is 2.25. The number of carbonyl (C=O) groups excluding carboxylic acids is 2. The van der Waals surface area contributed by atoms with Crippen LogP contribution >= 0.6 is 0 Å². The van der Waals surface area contributed by atoms with Gasteiger partial charge in [-0.3, -0.25) is 9.59 Å². The van der Waals surface area contributed by atoms with E-state index >= 15 is 0 Å². The van der Waals surface area contributed by atoms with E-state index in [2.05, 4.69) is 28.9 Å². The number of carbonyl (C=O) groups is 2. The average molecular weight is 472 g/mol. The smallest absolute Gasteiger partial charge is 0.254 e. The van der Waals surface area contributed by atoms with Crippen molar-refractivity contribution >= 4 is 17.6 Å². The van der Waals surface area contributed by atoms with Crippen molar-refractivity contribution in [2.45, 2.75) is 20.3 Å². The summed E-state index contributed by atoms with van der Waals surface area (Å²) in [5.74, 6) is 0.979. The van der Waals surface area contributed by atoms with E-state index in [4.69, 9.17) is 0 Å². The number of hydrogen-bond donors (Lipinski definition) is 0. The van der Waals surface area contributed by atoms with Gasteiger partial charge in [0, 0.05) is 43.9 Å². The molecule has 0 aliphatic carbocycles. The van der Waals surface area contributed by atoms with E-state index in [1.165, 1.54) is 0 Å². The molecule has 182 valence electrons. The van der Waals surface area contributed by atoms with Crippen LogP contribution in [0.4, 0.5) is 5.82 Å². The van der Waals surface area contributed by atoms with E-state index in [1.54, 1.807) is 17.0 Å². The third kappa shape index (κ3) is 6.44. The molecule has 1 aromatic heterocycles. The minimum Gasteiger partial charge on any atom is -0.353 e. The molecule has 0 atom stereocenters. The Kier molecular flexibility index (Phi) is 8.08. The van der Waals surface area contributed by atoms with Gasteiger partial charge in [0.25, 0.3) is 5.91 Å². The Bertz CT molecular complexity index is 1100. The predicted molar refractivity (Wildman–Crippen MR) is 138 cm³/mol. The Morgan fingerprint density at radius 1 is 0.857 bits per heavy atom. The van der Waals surface area contributed by atoms with Crippen molar-refractivity contribution in [3.8, 4) is 11.3 Å². The largest absolute Gasteiger partial charge is 0.353 e. The number of benzene rings is 2. The first-order valence-corrected chi connectivity index (χ1v) is 12.3. The lowest BCUT2D eigenvalue weighted by Crippen LogP contribution is -2.45. The molecule has 1 aliphatic rings. The van der Waals surface area contributed by atoms with E-state index in [9.17, 15) is 9.59 Å². The molecule has 0 N–H and O–H groups in total. The zero-order valence-corrected chi connectivity index (χ0v) is 20.5. The summed E-state index contributed by atoms with van der Waals surface area (Å²) < 4.78 is 0. The summed E-state index contributed by atoms with van der Waals surface area (Å²) >= 11 is 0. The van der Waals surface area contributed by atoms with Crippen LogP contribution in [0.25, 0.3) is 11.3 Å². The lowest BCUT2D eigenvalue weighted by atomic mass is 10.1. The molecule has 7 nitrogen and oxygen atoms in total. The van der Waals surface area contributed by atoms with Gasteiger partial charge < -0.3 is 14.7 Å². The fraction of sp³-hybridized carbons (Fsp3) is 0.357. The summed E-state index contributed by atoms with van der Waals surface area (Å²) in [6, 6.07) is 23.2. The van der Waals surface area contributed by atoms with Crippen LogP contribution in [-0.2, 0) is 4.79 Å². The molecule has 1 saturated heterocycles. The molecule has 2 aromatic carbocycles. The number of nitrogens with zero attached hydrogens (tertiary/aromatic N) is 5. The van der Waals surface area contributed by atoms with Gasteiger partial charge in [0.2, 0.25) is 5.91 Å². The van der Waals surface area contributed by atoms with Gasteiger partial charge in [0.1, 0.15) is 6.54 Å². The van der Waals surface area contributed by atoms with Gasteiger partial charge in [-0.15, -0.1) is 10.2 Å². The SMILES string of the molecule is CC(C)CN(CC(=O)N1CCCN(c2ccc(-c3ccccc3)nn2)CC1)C(=O)c1ccccc1. The molecule has 7 heteroatoms. The highest BCUT2D eigenvalue weighted by Crippen LogP contribution is 2.19. The average Bonchev–Trinajstić information content (AvgIpc) is 3.15. The Morgan fingerprint density at radius 2 is 1.57 bits per heavy atom. The molecule has 2 amide bonds. The van der Waals surface area contributed by atoms with Gasteiger partial charge in [-0.25, -0.2) is 0 Å². The lowest BCUT2D eigenvalue weighted by Gasteiger charge is -2.28. The Hall–Kier alpha value is -3.74. The Balaban J connectivity index is 1.38. The van der Waals surface area contributed by atoms with Crippen molar-refractivity contribution in [1.29, 1.82) is 0 Å². The number of hydrogen-bond acceptors (Lipinski definition) is 5. The van der Waals surface area contributed by atoms with E-state index < -0.39 is 0 Å². The standard InChI is InChI=1S/C28H33N5O2/c1-22(2)20-33(28(35)24-12-7-4-8-13-24)21-27(34)32-17-9-16-31(18-19-32)26-15-14-25(29-30-26)23-10-5-3-6-11-23/h3-8,10-15,22H,9,16-21H2,1-2H3. The lowest BCUT2D eigenvalue weighted by molar-refractivity contribution is -0.131. The number of anilines is 1. The van der Waals surface area contributed by atoms with Crippen LogP contribution in [0.2, 0.25) is 0 Å². The third-order valence-corrected chi connectivity index (χ3v) is 6.11. The summed E-state index contributed by atoms with van der Waals surface area (Å²) in [6.07, 6.45) is 0.838. The molecular weight excluding hydrogens is 438 g/mol. The van der Waals surface area contributed by atoms with E-state index in [-0.39, 0.29) is 24.3 Å². The Labute approximate surface area is 207 Å². The monoisotopic (exact) mass is 471 g/mol.